The van der Waals surface area contributed by atoms with Crippen LogP contribution in [0.5, 0.6) is 0 Å². The highest BCUT2D eigenvalue weighted by Crippen LogP contribution is 2.15. The van der Waals surface area contributed by atoms with Crippen molar-refractivity contribution < 1.29 is 0 Å². The molecule has 0 aliphatic carbocycles. The molecule has 0 saturated heterocycles. The summed E-state index contributed by atoms with van der Waals surface area (Å²) in [7, 11) is 0. The lowest BCUT2D eigenvalue weighted by Gasteiger charge is -1.97. The largest absolute Gasteiger partial charge is 0.256 e. The molecule has 0 saturated carbocycles. The average Bonchev–Trinajstić information content (AvgIpc) is 2.65. The van der Waals surface area contributed by atoms with Crippen LogP contribution in [0.1, 0.15) is 25.0 Å². The number of hydrogen-bond acceptors (Lipinski definition) is 2. The van der Waals surface area contributed by atoms with Crippen LogP contribution < -0.4 is 0 Å². The molecule has 0 aliphatic rings. The minimum Gasteiger partial charge on any atom is -0.256 e. The Balaban J connectivity index is 0.000000158. The van der Waals surface area contributed by atoms with Crippen molar-refractivity contribution in [2.45, 2.75) is 27.7 Å². The van der Waals surface area contributed by atoms with Crippen molar-refractivity contribution >= 4 is 21.8 Å². The van der Waals surface area contributed by atoms with Gasteiger partial charge in [-0.3, -0.25) is 9.97 Å². The minimum atomic E-state index is 1.08. The molecule has 2 heteroatoms. The van der Waals surface area contributed by atoms with E-state index in [0.717, 1.165) is 11.0 Å². The predicted molar refractivity (Wildman–Crippen MR) is 104 cm³/mol. The van der Waals surface area contributed by atoms with Crippen LogP contribution in [-0.2, 0) is 0 Å². The first kappa shape index (κ1) is 17.6. The van der Waals surface area contributed by atoms with Gasteiger partial charge in [0.15, 0.2) is 0 Å². The van der Waals surface area contributed by atoms with Gasteiger partial charge in [-0.1, -0.05) is 50.2 Å². The highest BCUT2D eigenvalue weighted by molar-refractivity contribution is 5.82. The Labute approximate surface area is 144 Å². The summed E-state index contributed by atoms with van der Waals surface area (Å²) in [4.78, 5) is 8.48. The van der Waals surface area contributed by atoms with E-state index in [1.165, 1.54) is 21.9 Å². The predicted octanol–water partition coefficient (Wildman–Crippen LogP) is 6.11. The highest BCUT2D eigenvalue weighted by Gasteiger charge is 1.94. The number of rotatable bonds is 0. The van der Waals surface area contributed by atoms with Crippen molar-refractivity contribution in [1.29, 1.82) is 0 Å². The first-order chi connectivity index (χ1) is 11.8. The molecule has 0 fully saturated rings. The van der Waals surface area contributed by atoms with Crippen molar-refractivity contribution in [3.8, 4) is 0 Å². The van der Waals surface area contributed by atoms with E-state index < -0.39 is 0 Å². The Kier molecular flexibility index (Phi) is 6.44. The lowest BCUT2D eigenvalue weighted by Crippen LogP contribution is -1.79. The van der Waals surface area contributed by atoms with E-state index in [0.29, 0.717) is 0 Å². The van der Waals surface area contributed by atoms with Crippen LogP contribution >= 0.6 is 0 Å². The van der Waals surface area contributed by atoms with Gasteiger partial charge in [0, 0.05) is 23.2 Å². The minimum absolute atomic E-state index is 1.08. The molecule has 0 unspecified atom stereocenters. The van der Waals surface area contributed by atoms with Gasteiger partial charge in [0.1, 0.15) is 0 Å². The van der Waals surface area contributed by atoms with Crippen molar-refractivity contribution in [3.05, 3.63) is 84.2 Å². The van der Waals surface area contributed by atoms with Crippen molar-refractivity contribution in [1.82, 2.24) is 9.97 Å². The van der Waals surface area contributed by atoms with Crippen molar-refractivity contribution in [2.75, 3.05) is 0 Å². The zero-order valence-electron chi connectivity index (χ0n) is 14.8. The van der Waals surface area contributed by atoms with E-state index in [-0.39, 0.29) is 0 Å². The summed E-state index contributed by atoms with van der Waals surface area (Å²) in [6.07, 6.45) is 3.64. The molecule has 0 spiro atoms. The van der Waals surface area contributed by atoms with Gasteiger partial charge >= 0.3 is 0 Å². The third-order valence-electron chi connectivity index (χ3n) is 3.73. The summed E-state index contributed by atoms with van der Waals surface area (Å²) in [5.74, 6) is 0. The summed E-state index contributed by atoms with van der Waals surface area (Å²) in [6, 6.07) is 20.5. The van der Waals surface area contributed by atoms with Gasteiger partial charge in [-0.25, -0.2) is 0 Å². The quantitative estimate of drug-likeness (QED) is 0.391. The maximum atomic E-state index is 4.24. The number of fused-ring (bicyclic) bond motifs is 2. The maximum Gasteiger partial charge on any atom is 0.0704 e. The molecule has 0 aliphatic heterocycles. The second-order valence-electron chi connectivity index (χ2n) is 5.29. The van der Waals surface area contributed by atoms with Gasteiger partial charge in [0.25, 0.3) is 0 Å². The number of aryl methyl sites for hydroxylation is 2. The molecule has 2 nitrogen and oxygen atoms in total. The molecule has 0 amide bonds. The van der Waals surface area contributed by atoms with Crippen LogP contribution in [0.4, 0.5) is 0 Å². The van der Waals surface area contributed by atoms with Crippen LogP contribution in [-0.4, -0.2) is 9.97 Å². The van der Waals surface area contributed by atoms with E-state index in [1.54, 1.807) is 0 Å². The average molecular weight is 316 g/mol. The third kappa shape index (κ3) is 4.17. The Morgan fingerprint density at radius 1 is 0.542 bits per heavy atom. The summed E-state index contributed by atoms with van der Waals surface area (Å²) >= 11 is 0. The Hall–Kier alpha value is -2.74. The lowest BCUT2D eigenvalue weighted by atomic mass is 10.1. The molecule has 2 heterocycles. The van der Waals surface area contributed by atoms with Gasteiger partial charge in [-0.05, 0) is 49.2 Å². The SMILES string of the molecule is CC.Cc1cccc2ncccc12.Cc1cccc2ncccc12. The second kappa shape index (κ2) is 8.78. The van der Waals surface area contributed by atoms with Crippen LogP contribution in [0.3, 0.4) is 0 Å². The van der Waals surface area contributed by atoms with E-state index in [9.17, 15) is 0 Å². The number of pyridine rings is 2. The fraction of sp³-hybridized carbons (Fsp3) is 0.182. The summed E-state index contributed by atoms with van der Waals surface area (Å²) in [5.41, 5.74) is 4.73. The van der Waals surface area contributed by atoms with E-state index >= 15 is 0 Å². The number of aromatic nitrogens is 2. The van der Waals surface area contributed by atoms with Crippen LogP contribution in [0.15, 0.2) is 73.1 Å². The van der Waals surface area contributed by atoms with Gasteiger partial charge in [0.05, 0.1) is 11.0 Å². The molecule has 2 aromatic carbocycles. The first-order valence-corrected chi connectivity index (χ1v) is 8.36. The number of nitrogens with zero attached hydrogens (tertiary/aromatic N) is 2. The molecule has 0 N–H and O–H groups in total. The number of benzene rings is 2. The third-order valence-corrected chi connectivity index (χ3v) is 3.73. The summed E-state index contributed by atoms with van der Waals surface area (Å²) < 4.78 is 0. The normalized spacial score (nSPS) is 9.67. The molecule has 4 rings (SSSR count). The second-order valence-corrected chi connectivity index (χ2v) is 5.29. The standard InChI is InChI=1S/2C10H9N.C2H6/c2*1-8-4-2-6-10-9(8)5-3-7-11-10;1-2/h2*2-7H,1H3;1-2H3. The fourth-order valence-electron chi connectivity index (χ4n) is 2.51. The van der Waals surface area contributed by atoms with Gasteiger partial charge in [-0.2, -0.15) is 0 Å². The van der Waals surface area contributed by atoms with Crippen LogP contribution in [0.25, 0.3) is 21.8 Å². The first-order valence-electron chi connectivity index (χ1n) is 8.36. The van der Waals surface area contributed by atoms with Crippen LogP contribution in [0.2, 0.25) is 0 Å². The molecular weight excluding hydrogens is 292 g/mol. The fourth-order valence-corrected chi connectivity index (χ4v) is 2.51. The Bertz CT molecular complexity index is 826. The molecule has 0 radical (unpaired) electrons. The van der Waals surface area contributed by atoms with E-state index in [1.807, 2.05) is 62.6 Å². The van der Waals surface area contributed by atoms with Crippen molar-refractivity contribution in [2.24, 2.45) is 0 Å². The van der Waals surface area contributed by atoms with Gasteiger partial charge < -0.3 is 0 Å². The molecule has 0 atom stereocenters. The number of hydrogen-bond donors (Lipinski definition) is 0. The molecular formula is C22H24N2. The van der Waals surface area contributed by atoms with E-state index in [4.69, 9.17) is 0 Å². The molecule has 24 heavy (non-hydrogen) atoms. The summed E-state index contributed by atoms with van der Waals surface area (Å²) in [5, 5.41) is 2.49. The zero-order valence-corrected chi connectivity index (χ0v) is 14.8. The smallest absolute Gasteiger partial charge is 0.0704 e. The molecule has 122 valence electrons. The lowest BCUT2D eigenvalue weighted by molar-refractivity contribution is 1.39. The molecule has 2 aromatic heterocycles. The topological polar surface area (TPSA) is 25.8 Å². The van der Waals surface area contributed by atoms with Crippen molar-refractivity contribution in [3.63, 3.8) is 0 Å². The van der Waals surface area contributed by atoms with Gasteiger partial charge in [-0.15, -0.1) is 0 Å². The van der Waals surface area contributed by atoms with Crippen LogP contribution in [0, 0.1) is 13.8 Å². The molecule has 4 aromatic rings. The monoisotopic (exact) mass is 316 g/mol. The maximum absolute atomic E-state index is 4.24. The van der Waals surface area contributed by atoms with Gasteiger partial charge in [0.2, 0.25) is 0 Å². The highest BCUT2D eigenvalue weighted by atomic mass is 14.6. The zero-order chi connectivity index (χ0) is 17.4. The summed E-state index contributed by atoms with van der Waals surface area (Å²) in [6.45, 7) is 8.20. The Morgan fingerprint density at radius 3 is 1.33 bits per heavy atom. The van der Waals surface area contributed by atoms with E-state index in [2.05, 4.69) is 48.1 Å². The molecule has 0 bridgehead atoms. The Morgan fingerprint density at radius 2 is 0.958 bits per heavy atom.